The number of hydrogen-bond acceptors (Lipinski definition) is 14. The molecule has 2 amide bonds. The Bertz CT molecular complexity index is 2180. The van der Waals surface area contributed by atoms with Crippen molar-refractivity contribution in [1.29, 1.82) is 5.26 Å². The van der Waals surface area contributed by atoms with E-state index in [0.717, 1.165) is 42.5 Å². The second kappa shape index (κ2) is 33.7. The third kappa shape index (κ3) is 24.9. The minimum absolute atomic E-state index is 0.0131. The monoisotopic (exact) mass is 1930 g/mol. The summed E-state index contributed by atoms with van der Waals surface area (Å²) in [6.45, 7) is 0. The second-order valence-electron chi connectivity index (χ2n) is 9.39. The number of benzene rings is 4. The van der Waals surface area contributed by atoms with Gasteiger partial charge in [-0.25, -0.2) is 17.6 Å². The number of anilines is 5. The van der Waals surface area contributed by atoms with E-state index in [4.69, 9.17) is 45.4 Å². The van der Waals surface area contributed by atoms with Gasteiger partial charge in [0.25, 0.3) is 17.1 Å². The molecule has 0 atom stereocenters. The number of carbonyl (C=O) groups excluding carboxylic acids is 2. The number of rotatable bonds is 5. The first-order valence-electron chi connectivity index (χ1n) is 13.6. The molecule has 33 heteroatoms. The van der Waals surface area contributed by atoms with Crippen LogP contribution in [-0.4, -0.2) is 26.6 Å². The molecule has 0 aliphatic heterocycles. The summed E-state index contributed by atoms with van der Waals surface area (Å²) in [5.41, 5.74) is 31.7. The third-order valence-electron chi connectivity index (χ3n) is 5.74. The van der Waals surface area contributed by atoms with Crippen molar-refractivity contribution in [1.82, 2.24) is 0 Å². The maximum Gasteiger partial charge on any atom is 0.296 e. The zero-order valence-electron chi connectivity index (χ0n) is 28.5. The first kappa shape index (κ1) is 63.6. The van der Waals surface area contributed by atoms with Crippen LogP contribution in [0.25, 0.3) is 0 Å². The number of nitro benzene ring substituents is 3. The average Bonchev–Trinajstić information content (AvgIpc) is 3.15. The standard InChI is InChI=1S/C7H6FN3O3.C7H4FN3O2.C7H8FN3O.C6H4BrFN2O2.I4.I3.I2/c8-4-1-3(7(10)12)2-5(6(4)9)11(13)14;8-5-1-4(3-9)2-6(7(5)10)11(12)13;8-4-1-3(7(11)12)2-5(9)6(4)10;7-3-1-4(8)6(9)5(2-3)10(11)12;1-4(2)3;1-3-2;1-2/h1-2H,9H2,(H2,10,12);1-2H,10H2;1-2H,9-10H2,(H2,11,12);1-2H,9H2;;;/q;;;;;-1;. The molecule has 60 heavy (non-hydrogen) atoms. The molecule has 4 rings (SSSR count). The van der Waals surface area contributed by atoms with E-state index in [2.05, 4.69) is 146 Å². The minimum Gasteiger partial charge on any atom is -0.397 e. The topological polar surface area (TPSA) is 369 Å². The second-order valence-corrected chi connectivity index (χ2v) is 75.3. The predicted molar refractivity (Wildman–Crippen MR) is 289 cm³/mol. The summed E-state index contributed by atoms with van der Waals surface area (Å²) in [5.74, 6) is -5.20. The molecule has 0 fully saturated rings. The van der Waals surface area contributed by atoms with Gasteiger partial charge in [-0.2, -0.15) is 5.26 Å². The van der Waals surface area contributed by atoms with Crippen LogP contribution in [0.2, 0.25) is 0 Å². The van der Waals surface area contributed by atoms with Gasteiger partial charge in [0.05, 0.1) is 37.8 Å². The number of hydrogen-bond donors (Lipinski definition) is 7. The van der Waals surface area contributed by atoms with Gasteiger partial charge in [-0.3, -0.25) is 39.9 Å². The fourth-order valence-corrected chi connectivity index (χ4v) is 3.64. The van der Waals surface area contributed by atoms with Crippen LogP contribution in [0.5, 0.6) is 0 Å². The van der Waals surface area contributed by atoms with Crippen molar-refractivity contribution in [3.05, 3.63) is 123 Å². The van der Waals surface area contributed by atoms with Crippen LogP contribution in [0.15, 0.2) is 53.0 Å². The fourth-order valence-electron chi connectivity index (χ4n) is 3.22. The van der Waals surface area contributed by atoms with E-state index < -0.39 is 84.0 Å². The number of halogens is 14. The molecular formula is C27H22BrF4I9N11O8-. The van der Waals surface area contributed by atoms with Gasteiger partial charge >= 0.3 is 114 Å². The van der Waals surface area contributed by atoms with Crippen LogP contribution in [0.3, 0.4) is 0 Å². The van der Waals surface area contributed by atoms with Crippen LogP contribution >= 0.6 is 154 Å². The molecule has 0 radical (unpaired) electrons. The molecular weight excluding hydrogens is 1900 g/mol. The van der Waals surface area contributed by atoms with Crippen molar-refractivity contribution in [3.63, 3.8) is 0 Å². The van der Waals surface area contributed by atoms with Crippen LogP contribution < -0.4 is 53.4 Å². The van der Waals surface area contributed by atoms with Crippen molar-refractivity contribution >= 4 is 211 Å². The number of nitrogens with zero attached hydrogens (tertiary/aromatic N) is 4. The van der Waals surface area contributed by atoms with Gasteiger partial charge in [0.2, 0.25) is 11.8 Å². The first-order valence-corrected chi connectivity index (χ1v) is 52.1. The SMILES string of the molecule is II.II(I)I.I[I-]I.N#Cc1cc(F)c(N)c([N+](=O)[O-])c1.NC(=O)c1cc(F)c(N)c([N+](=O)[O-])c1.NC(=O)c1cc(N)c(N)c(F)c1.Nc1c(F)cc(Br)cc1[N+](=O)[O-]. The number of carbonyl (C=O) groups is 2. The molecule has 0 saturated carbocycles. The maximum absolute atomic E-state index is 12.9. The van der Waals surface area contributed by atoms with Gasteiger partial charge in [-0.05, 0) is 30.3 Å². The Morgan fingerprint density at radius 2 is 0.933 bits per heavy atom. The summed E-state index contributed by atoms with van der Waals surface area (Å²) in [5, 5.41) is 39.3. The quantitative estimate of drug-likeness (QED) is 0.0329. The van der Waals surface area contributed by atoms with Gasteiger partial charge in [0.15, 0.2) is 17.5 Å². The predicted octanol–water partition coefficient (Wildman–Crippen LogP) is 7.86. The summed E-state index contributed by atoms with van der Waals surface area (Å²) in [6, 6.07) is 9.37. The molecule has 0 aliphatic carbocycles. The van der Waals surface area contributed by atoms with E-state index >= 15 is 0 Å². The van der Waals surface area contributed by atoms with Crippen molar-refractivity contribution in [2.45, 2.75) is 0 Å². The first-order chi connectivity index (χ1) is 27.7. The Morgan fingerprint density at radius 3 is 1.27 bits per heavy atom. The molecule has 19 nitrogen and oxygen atoms in total. The van der Waals surface area contributed by atoms with Gasteiger partial charge in [0, 0.05) is 71.0 Å². The Labute approximate surface area is 433 Å². The summed E-state index contributed by atoms with van der Waals surface area (Å²) in [7, 11) is -0.353. The molecule has 14 N–H and O–H groups in total. The molecule has 0 bridgehead atoms. The fraction of sp³-hybridized carbons (Fsp3) is 0. The van der Waals surface area contributed by atoms with Crippen molar-refractivity contribution in [3.8, 4) is 6.07 Å². The van der Waals surface area contributed by atoms with Crippen LogP contribution in [0.4, 0.5) is 63.1 Å². The maximum atomic E-state index is 12.9. The molecule has 0 aromatic heterocycles. The van der Waals surface area contributed by atoms with Crippen molar-refractivity contribution in [2.75, 3.05) is 28.7 Å². The summed E-state index contributed by atoms with van der Waals surface area (Å²) in [6.07, 6.45) is 0. The van der Waals surface area contributed by atoms with E-state index in [9.17, 15) is 57.5 Å². The average molecular weight is 1930 g/mol. The van der Waals surface area contributed by atoms with E-state index in [0.29, 0.717) is 17.7 Å². The number of nitrogen functional groups attached to an aromatic ring is 5. The Balaban J connectivity index is -0.000000677. The zero-order valence-corrected chi connectivity index (χ0v) is 49.5. The van der Waals surface area contributed by atoms with Crippen LogP contribution in [0.1, 0.15) is 26.3 Å². The molecule has 0 heterocycles. The number of nitriles is 1. The van der Waals surface area contributed by atoms with Crippen molar-refractivity contribution < 1.29 is 55.2 Å². The Hall–Kier alpha value is -0.720. The number of primary amides is 2. The molecule has 0 saturated heterocycles. The molecule has 0 spiro atoms. The minimum atomic E-state index is -1.03. The normalized spacial score (nSPS) is 9.42. The summed E-state index contributed by atoms with van der Waals surface area (Å²) < 4.78 is 51.6. The largest absolute Gasteiger partial charge is 0.397 e. The van der Waals surface area contributed by atoms with Crippen LogP contribution in [-0.2, 0) is 0 Å². The molecule has 0 aliphatic rings. The third-order valence-corrected chi connectivity index (χ3v) is 6.20. The van der Waals surface area contributed by atoms with Gasteiger partial charge in [-0.1, -0.05) is 15.9 Å². The van der Waals surface area contributed by atoms with E-state index in [-0.39, 0.29) is 36.0 Å². The van der Waals surface area contributed by atoms with E-state index in [1.807, 2.05) is 0 Å². The van der Waals surface area contributed by atoms with E-state index in [1.54, 1.807) is 6.07 Å². The smallest absolute Gasteiger partial charge is 0.296 e. The molecule has 332 valence electrons. The number of amides is 2. The van der Waals surface area contributed by atoms with Gasteiger partial charge in [-0.15, -0.1) is 0 Å². The zero-order chi connectivity index (χ0) is 47.8. The van der Waals surface area contributed by atoms with E-state index in [1.165, 1.54) is 6.07 Å². The number of nitrogens with two attached hydrogens (primary N) is 7. The van der Waals surface area contributed by atoms with Gasteiger partial charge < -0.3 is 40.1 Å². The molecule has 4 aromatic carbocycles. The molecule has 4 aromatic rings. The molecule has 0 unspecified atom stereocenters. The Morgan fingerprint density at radius 1 is 0.633 bits per heavy atom. The summed E-state index contributed by atoms with van der Waals surface area (Å²) in [4.78, 5) is 49.7. The Kier molecular flexibility index (Phi) is 35.7. The van der Waals surface area contributed by atoms with Gasteiger partial charge in [0.1, 0.15) is 22.9 Å². The number of nitro groups is 3. The van der Waals surface area contributed by atoms with Crippen molar-refractivity contribution in [2.24, 2.45) is 11.5 Å². The van der Waals surface area contributed by atoms with Crippen LogP contribution in [0, 0.1) is 64.9 Å². The summed E-state index contributed by atoms with van der Waals surface area (Å²) >= 11 is 19.9.